The van der Waals surface area contributed by atoms with Gasteiger partial charge in [0.25, 0.3) is 0 Å². The molecule has 5 nitrogen and oxygen atoms in total. The molecule has 8 heteroatoms. The van der Waals surface area contributed by atoms with Crippen molar-refractivity contribution in [2.24, 2.45) is 0 Å². The summed E-state index contributed by atoms with van der Waals surface area (Å²) in [5.41, 5.74) is 0.881. The molecule has 1 aliphatic heterocycles. The van der Waals surface area contributed by atoms with Gasteiger partial charge in [-0.05, 0) is 0 Å². The third-order valence-electron chi connectivity index (χ3n) is 2.49. The maximum absolute atomic E-state index is 12.7. The molecule has 0 saturated carbocycles. The third kappa shape index (κ3) is 3.85. The fourth-order valence-electron chi connectivity index (χ4n) is 1.75. The van der Waals surface area contributed by atoms with Gasteiger partial charge in [-0.1, -0.05) is 0 Å². The summed E-state index contributed by atoms with van der Waals surface area (Å²) in [6, 6.07) is 5.46. The van der Waals surface area contributed by atoms with E-state index in [2.05, 4.69) is 4.18 Å². The first-order valence-electron chi connectivity index (χ1n) is 5.75. The van der Waals surface area contributed by atoms with Crippen molar-refractivity contribution in [3.8, 4) is 5.75 Å². The van der Waals surface area contributed by atoms with Gasteiger partial charge in [0.05, 0.1) is 0 Å². The van der Waals surface area contributed by atoms with Gasteiger partial charge in [0.1, 0.15) is 0 Å². The monoisotopic (exact) mass is 418 g/mol. The molecule has 0 bridgehead atoms. The second-order valence-corrected chi connectivity index (χ2v) is 8.03. The quantitative estimate of drug-likeness (QED) is 0.530. The molecule has 2 rings (SSSR count). The van der Waals surface area contributed by atoms with Crippen LogP contribution in [0.5, 0.6) is 5.75 Å². The zero-order chi connectivity index (χ0) is 14.8. The summed E-state index contributed by atoms with van der Waals surface area (Å²) in [5.74, 6) is 1.17. The van der Waals surface area contributed by atoms with Crippen molar-refractivity contribution < 1.29 is 26.0 Å². The summed E-state index contributed by atoms with van der Waals surface area (Å²) in [7, 11) is -3.43. The van der Waals surface area contributed by atoms with Crippen molar-refractivity contribution in [2.75, 3.05) is 13.7 Å². The van der Waals surface area contributed by atoms with Crippen LogP contribution < -0.4 is 8.35 Å². The van der Waals surface area contributed by atoms with Crippen LogP contribution in [0.25, 0.3) is 5.76 Å². The van der Waals surface area contributed by atoms with E-state index in [-0.39, 0.29) is 0 Å². The summed E-state index contributed by atoms with van der Waals surface area (Å²) in [6.07, 6.45) is 1.53. The minimum atomic E-state index is -4.98. The minimum absolute atomic E-state index is 0.424. The van der Waals surface area contributed by atoms with Gasteiger partial charge in [-0.3, -0.25) is 0 Å². The van der Waals surface area contributed by atoms with Crippen LogP contribution in [0.15, 0.2) is 24.3 Å². The zero-order valence-corrected chi connectivity index (χ0v) is 14.0. The van der Waals surface area contributed by atoms with Crippen molar-refractivity contribution in [3.63, 3.8) is 0 Å². The van der Waals surface area contributed by atoms with E-state index in [0.717, 1.165) is 9.17 Å². The molecular formula is C12H13FO5STe. The molecule has 1 heterocycles. The fraction of sp³-hybridized carbons (Fsp3) is 0.333. The second kappa shape index (κ2) is 6.31. The molecule has 0 saturated heterocycles. The first kappa shape index (κ1) is 15.6. The molecule has 0 radical (unpaired) electrons. The molecule has 0 aliphatic carbocycles. The summed E-state index contributed by atoms with van der Waals surface area (Å²) in [5, 5.41) is 0. The van der Waals surface area contributed by atoms with Gasteiger partial charge in [0.15, 0.2) is 0 Å². The van der Waals surface area contributed by atoms with E-state index in [1.165, 1.54) is 6.08 Å². The summed E-state index contributed by atoms with van der Waals surface area (Å²) in [6.45, 7) is 2.24. The van der Waals surface area contributed by atoms with Crippen molar-refractivity contribution >= 4 is 40.8 Å². The SMILES string of the molecule is CCOC1=CC(OS(=O)(=O)F)[Te]c2cc(OC)ccc21. The molecule has 0 amide bonds. The van der Waals surface area contributed by atoms with Crippen molar-refractivity contribution in [3.05, 3.63) is 29.8 Å². The Labute approximate surface area is 127 Å². The topological polar surface area (TPSA) is 61.8 Å². The number of hydrogen-bond donors (Lipinski definition) is 0. The van der Waals surface area contributed by atoms with Gasteiger partial charge in [-0.25, -0.2) is 0 Å². The Bertz CT molecular complexity index is 629. The van der Waals surface area contributed by atoms with Gasteiger partial charge in [-0.15, -0.1) is 0 Å². The number of halogens is 1. The van der Waals surface area contributed by atoms with Gasteiger partial charge in [0.2, 0.25) is 0 Å². The zero-order valence-electron chi connectivity index (χ0n) is 10.8. The van der Waals surface area contributed by atoms with Crippen LogP contribution in [0.2, 0.25) is 0 Å². The molecule has 1 unspecified atom stereocenters. The summed E-state index contributed by atoms with van der Waals surface area (Å²) < 4.78 is 49.1. The Morgan fingerprint density at radius 3 is 2.75 bits per heavy atom. The van der Waals surface area contributed by atoms with E-state index >= 15 is 0 Å². The van der Waals surface area contributed by atoms with Crippen LogP contribution in [0.1, 0.15) is 12.5 Å². The first-order valence-corrected chi connectivity index (χ1v) is 9.57. The van der Waals surface area contributed by atoms with Crippen LogP contribution in [-0.2, 0) is 19.4 Å². The molecule has 0 N–H and O–H groups in total. The molecule has 1 aliphatic rings. The molecule has 0 spiro atoms. The molecule has 1 aromatic carbocycles. The van der Waals surface area contributed by atoms with Crippen molar-refractivity contribution in [2.45, 2.75) is 11.1 Å². The average Bonchev–Trinajstić information content (AvgIpc) is 2.36. The van der Waals surface area contributed by atoms with Crippen LogP contribution in [0.3, 0.4) is 0 Å². The molecule has 0 fully saturated rings. The number of hydrogen-bond acceptors (Lipinski definition) is 5. The van der Waals surface area contributed by atoms with Gasteiger partial charge in [-0.2, -0.15) is 0 Å². The van der Waals surface area contributed by atoms with Gasteiger partial charge < -0.3 is 0 Å². The summed E-state index contributed by atoms with van der Waals surface area (Å²) in [4.78, 5) is 0. The Balaban J connectivity index is 2.37. The van der Waals surface area contributed by atoms with E-state index in [0.29, 0.717) is 18.1 Å². The second-order valence-electron chi connectivity index (χ2n) is 3.80. The van der Waals surface area contributed by atoms with Crippen LogP contribution in [-0.4, -0.2) is 47.2 Å². The fourth-order valence-corrected chi connectivity index (χ4v) is 5.84. The Morgan fingerprint density at radius 2 is 2.15 bits per heavy atom. The number of rotatable bonds is 5. The van der Waals surface area contributed by atoms with E-state index in [1.54, 1.807) is 13.2 Å². The van der Waals surface area contributed by atoms with Crippen molar-refractivity contribution in [1.82, 2.24) is 0 Å². The third-order valence-corrected chi connectivity index (χ3v) is 6.33. The van der Waals surface area contributed by atoms with Gasteiger partial charge in [0, 0.05) is 0 Å². The molecule has 1 atom stereocenters. The number of fused-ring (bicyclic) bond motifs is 1. The predicted octanol–water partition coefficient (Wildman–Crippen LogP) is 0.973. The number of methoxy groups -OCH3 is 1. The van der Waals surface area contributed by atoms with Crippen LogP contribution in [0.4, 0.5) is 3.89 Å². The van der Waals surface area contributed by atoms with E-state index in [1.807, 2.05) is 19.1 Å². The standard InChI is InChI=1S/C12H13FO5STe/c1-3-17-10-7-12(18-19(13,14)15)20-11-6-8(16-2)4-5-9(10)11/h4-7,12H,3H2,1-2H3. The van der Waals surface area contributed by atoms with E-state index in [4.69, 9.17) is 9.47 Å². The number of ether oxygens (including phenoxy) is 2. The summed E-state index contributed by atoms with van der Waals surface area (Å²) >= 11 is -1.08. The normalized spacial score (nSPS) is 18.1. The van der Waals surface area contributed by atoms with E-state index in [9.17, 15) is 12.3 Å². The maximum atomic E-state index is 12.7. The van der Waals surface area contributed by atoms with Crippen molar-refractivity contribution in [1.29, 1.82) is 0 Å². The Kier molecular flexibility index (Phi) is 4.91. The molecule has 0 aromatic heterocycles. The molecule has 20 heavy (non-hydrogen) atoms. The number of benzene rings is 1. The van der Waals surface area contributed by atoms with E-state index < -0.39 is 35.6 Å². The molecular weight excluding hydrogens is 403 g/mol. The average molecular weight is 416 g/mol. The van der Waals surface area contributed by atoms with Crippen LogP contribution in [0, 0.1) is 0 Å². The molecule has 1 aromatic rings. The molecule has 110 valence electrons. The first-order chi connectivity index (χ1) is 9.43. The Morgan fingerprint density at radius 1 is 1.40 bits per heavy atom. The Hall–Kier alpha value is -0.810. The predicted molar refractivity (Wildman–Crippen MR) is 72.9 cm³/mol. The van der Waals surface area contributed by atoms with Crippen LogP contribution >= 0.6 is 0 Å². The van der Waals surface area contributed by atoms with Gasteiger partial charge >= 0.3 is 127 Å².